The SMILES string of the molecule is NC(=O)c1ccc(CNc2ccccc2Sc2ccccc2)c([N+](=O)[O-])c1. The van der Waals surface area contributed by atoms with E-state index in [-0.39, 0.29) is 17.8 Å². The van der Waals surface area contributed by atoms with Crippen molar-refractivity contribution in [1.29, 1.82) is 0 Å². The minimum Gasteiger partial charge on any atom is -0.380 e. The van der Waals surface area contributed by atoms with E-state index in [1.54, 1.807) is 17.8 Å². The average Bonchev–Trinajstić information content (AvgIpc) is 2.68. The number of anilines is 1. The lowest BCUT2D eigenvalue weighted by molar-refractivity contribution is -0.385. The number of carbonyl (C=O) groups is 1. The van der Waals surface area contributed by atoms with Gasteiger partial charge >= 0.3 is 0 Å². The Bertz CT molecular complexity index is 977. The number of rotatable bonds is 7. The number of nitrogens with zero attached hydrogens (tertiary/aromatic N) is 1. The Kier molecular flexibility index (Phi) is 5.73. The van der Waals surface area contributed by atoms with Gasteiger partial charge in [-0.25, -0.2) is 0 Å². The molecule has 0 fully saturated rings. The van der Waals surface area contributed by atoms with Crippen molar-refractivity contribution >= 4 is 29.0 Å². The van der Waals surface area contributed by atoms with Crippen molar-refractivity contribution in [2.45, 2.75) is 16.3 Å². The largest absolute Gasteiger partial charge is 0.380 e. The van der Waals surface area contributed by atoms with Crippen LogP contribution in [0.5, 0.6) is 0 Å². The lowest BCUT2D eigenvalue weighted by Gasteiger charge is -2.12. The second-order valence-electron chi connectivity index (χ2n) is 5.73. The maximum atomic E-state index is 11.3. The van der Waals surface area contributed by atoms with E-state index in [9.17, 15) is 14.9 Å². The molecule has 3 rings (SSSR count). The minimum absolute atomic E-state index is 0.116. The molecule has 3 aromatic carbocycles. The smallest absolute Gasteiger partial charge is 0.275 e. The van der Waals surface area contributed by atoms with Crippen LogP contribution in [0.15, 0.2) is 82.6 Å². The lowest BCUT2D eigenvalue weighted by atomic mass is 10.1. The van der Waals surface area contributed by atoms with E-state index < -0.39 is 10.8 Å². The molecule has 0 aliphatic heterocycles. The topological polar surface area (TPSA) is 98.3 Å². The molecule has 0 saturated carbocycles. The first-order chi connectivity index (χ1) is 13.0. The number of carbonyl (C=O) groups excluding carboxylic acids is 1. The fourth-order valence-corrected chi connectivity index (χ4v) is 3.49. The van der Waals surface area contributed by atoms with Crippen LogP contribution in [-0.2, 0) is 6.54 Å². The van der Waals surface area contributed by atoms with Crippen molar-refractivity contribution in [3.8, 4) is 0 Å². The van der Waals surface area contributed by atoms with E-state index in [2.05, 4.69) is 5.32 Å². The van der Waals surface area contributed by atoms with Crippen LogP contribution < -0.4 is 11.1 Å². The molecule has 0 bridgehead atoms. The van der Waals surface area contributed by atoms with Crippen LogP contribution in [0, 0.1) is 10.1 Å². The molecule has 136 valence electrons. The molecule has 0 spiro atoms. The Labute approximate surface area is 160 Å². The summed E-state index contributed by atoms with van der Waals surface area (Å²) in [5.74, 6) is -0.692. The Morgan fingerprint density at radius 2 is 1.74 bits per heavy atom. The van der Waals surface area contributed by atoms with Crippen molar-refractivity contribution < 1.29 is 9.72 Å². The van der Waals surface area contributed by atoms with Gasteiger partial charge in [0.25, 0.3) is 5.69 Å². The van der Waals surface area contributed by atoms with Gasteiger partial charge in [-0.1, -0.05) is 42.1 Å². The van der Waals surface area contributed by atoms with Gasteiger partial charge in [-0.3, -0.25) is 14.9 Å². The Morgan fingerprint density at radius 1 is 1.04 bits per heavy atom. The van der Waals surface area contributed by atoms with Gasteiger partial charge < -0.3 is 11.1 Å². The minimum atomic E-state index is -0.692. The van der Waals surface area contributed by atoms with Gasteiger partial charge in [0.1, 0.15) is 0 Å². The summed E-state index contributed by atoms with van der Waals surface area (Å²) in [5, 5.41) is 14.6. The molecule has 3 aromatic rings. The molecule has 0 heterocycles. The van der Waals surface area contributed by atoms with Crippen molar-refractivity contribution in [3.05, 3.63) is 94.0 Å². The zero-order valence-corrected chi connectivity index (χ0v) is 15.1. The molecule has 6 nitrogen and oxygen atoms in total. The number of primary amides is 1. The molecule has 0 aliphatic carbocycles. The number of benzene rings is 3. The molecule has 1 amide bonds. The quantitative estimate of drug-likeness (QED) is 0.466. The molecule has 0 saturated heterocycles. The standard InChI is InChI=1S/C20H17N3O3S/c21-20(24)14-10-11-15(18(12-14)23(25)26)13-22-17-8-4-5-9-19(17)27-16-6-2-1-3-7-16/h1-12,22H,13H2,(H2,21,24). The van der Waals surface area contributed by atoms with Gasteiger partial charge in [-0.05, 0) is 36.4 Å². The summed E-state index contributed by atoms with van der Waals surface area (Å²) in [6, 6.07) is 22.0. The summed E-state index contributed by atoms with van der Waals surface area (Å²) in [7, 11) is 0. The van der Waals surface area contributed by atoms with Gasteiger partial charge in [0, 0.05) is 39.2 Å². The normalized spacial score (nSPS) is 10.4. The molecule has 0 aliphatic rings. The van der Waals surface area contributed by atoms with Crippen LogP contribution in [0.1, 0.15) is 15.9 Å². The number of hydrogen-bond donors (Lipinski definition) is 2. The molecule has 0 radical (unpaired) electrons. The first-order valence-electron chi connectivity index (χ1n) is 8.17. The maximum absolute atomic E-state index is 11.3. The number of amides is 1. The third-order valence-electron chi connectivity index (χ3n) is 3.89. The van der Waals surface area contributed by atoms with Crippen LogP contribution >= 0.6 is 11.8 Å². The molecular formula is C20H17N3O3S. The molecule has 3 N–H and O–H groups in total. The number of nitro groups is 1. The highest BCUT2D eigenvalue weighted by Gasteiger charge is 2.16. The number of para-hydroxylation sites is 1. The number of nitro benzene ring substituents is 1. The summed E-state index contributed by atoms with van der Waals surface area (Å²) < 4.78 is 0. The number of nitrogens with two attached hydrogens (primary N) is 1. The fraction of sp³-hybridized carbons (Fsp3) is 0.0500. The van der Waals surface area contributed by atoms with Crippen molar-refractivity contribution in [2.24, 2.45) is 5.73 Å². The van der Waals surface area contributed by atoms with Crippen LogP contribution in [0.3, 0.4) is 0 Å². The van der Waals surface area contributed by atoms with Crippen molar-refractivity contribution in [1.82, 2.24) is 0 Å². The Balaban J connectivity index is 1.81. The Morgan fingerprint density at radius 3 is 2.44 bits per heavy atom. The first kappa shape index (κ1) is 18.5. The Hall–Kier alpha value is -3.32. The summed E-state index contributed by atoms with van der Waals surface area (Å²) in [5.41, 5.74) is 6.55. The van der Waals surface area contributed by atoms with Crippen LogP contribution in [0.25, 0.3) is 0 Å². The van der Waals surface area contributed by atoms with Crippen LogP contribution in [0.2, 0.25) is 0 Å². The van der Waals surface area contributed by atoms with E-state index in [4.69, 9.17) is 5.73 Å². The zero-order valence-electron chi connectivity index (χ0n) is 14.3. The molecule has 7 heteroatoms. The maximum Gasteiger partial charge on any atom is 0.275 e. The van der Waals surface area contributed by atoms with E-state index in [0.717, 1.165) is 15.5 Å². The molecule has 27 heavy (non-hydrogen) atoms. The van der Waals surface area contributed by atoms with Gasteiger partial charge in [0.05, 0.1) is 4.92 Å². The summed E-state index contributed by atoms with van der Waals surface area (Å²) in [6.45, 7) is 0.252. The molecular weight excluding hydrogens is 362 g/mol. The highest BCUT2D eigenvalue weighted by Crippen LogP contribution is 2.33. The highest BCUT2D eigenvalue weighted by atomic mass is 32.2. The fourth-order valence-electron chi connectivity index (χ4n) is 2.54. The van der Waals surface area contributed by atoms with E-state index in [1.165, 1.54) is 12.1 Å². The highest BCUT2D eigenvalue weighted by molar-refractivity contribution is 7.99. The number of nitrogens with one attached hydrogen (secondary N) is 1. The second kappa shape index (κ2) is 8.37. The summed E-state index contributed by atoms with van der Waals surface area (Å²) >= 11 is 1.61. The van der Waals surface area contributed by atoms with Crippen LogP contribution in [0.4, 0.5) is 11.4 Å². The van der Waals surface area contributed by atoms with Crippen molar-refractivity contribution in [3.63, 3.8) is 0 Å². The predicted molar refractivity (Wildman–Crippen MR) is 106 cm³/mol. The van der Waals surface area contributed by atoms with Gasteiger partial charge in [0.2, 0.25) is 5.91 Å². The average molecular weight is 379 g/mol. The summed E-state index contributed by atoms with van der Waals surface area (Å²) in [6.07, 6.45) is 0. The summed E-state index contributed by atoms with van der Waals surface area (Å²) in [4.78, 5) is 24.2. The third-order valence-corrected chi connectivity index (χ3v) is 4.98. The van der Waals surface area contributed by atoms with Crippen LogP contribution in [-0.4, -0.2) is 10.8 Å². The van der Waals surface area contributed by atoms with Gasteiger partial charge in [0.15, 0.2) is 0 Å². The zero-order chi connectivity index (χ0) is 19.2. The van der Waals surface area contributed by atoms with Gasteiger partial charge in [-0.15, -0.1) is 0 Å². The first-order valence-corrected chi connectivity index (χ1v) is 8.99. The monoisotopic (exact) mass is 379 g/mol. The molecule has 0 atom stereocenters. The van der Waals surface area contributed by atoms with E-state index in [0.29, 0.717) is 5.56 Å². The predicted octanol–water partition coefficient (Wildman–Crippen LogP) is 4.46. The van der Waals surface area contributed by atoms with E-state index in [1.807, 2.05) is 54.6 Å². The third kappa shape index (κ3) is 4.65. The van der Waals surface area contributed by atoms with E-state index >= 15 is 0 Å². The molecule has 0 unspecified atom stereocenters. The van der Waals surface area contributed by atoms with Crippen molar-refractivity contribution in [2.75, 3.05) is 5.32 Å². The number of hydrogen-bond acceptors (Lipinski definition) is 5. The lowest BCUT2D eigenvalue weighted by Crippen LogP contribution is -2.12. The molecule has 0 aromatic heterocycles. The second-order valence-corrected chi connectivity index (χ2v) is 6.85. The van der Waals surface area contributed by atoms with Gasteiger partial charge in [-0.2, -0.15) is 0 Å².